The smallest absolute Gasteiger partial charge is 0.407 e. The van der Waals surface area contributed by atoms with Crippen molar-refractivity contribution in [3.8, 4) is 0 Å². The summed E-state index contributed by atoms with van der Waals surface area (Å²) >= 11 is 3.43. The van der Waals surface area contributed by atoms with Crippen LogP contribution in [0.4, 0.5) is 4.79 Å². The highest BCUT2D eigenvalue weighted by Gasteiger charge is 2.45. The zero-order valence-electron chi connectivity index (χ0n) is 20.8. The average Bonchev–Trinajstić information content (AvgIpc) is 2.87. The second-order valence-corrected chi connectivity index (χ2v) is 10.6. The van der Waals surface area contributed by atoms with E-state index in [4.69, 9.17) is 23.7 Å². The molecule has 3 heterocycles. The number of halogens is 1. The predicted octanol–water partition coefficient (Wildman–Crippen LogP) is 3.43. The molecule has 1 aromatic carbocycles. The van der Waals surface area contributed by atoms with E-state index >= 15 is 0 Å². The summed E-state index contributed by atoms with van der Waals surface area (Å²) in [5.41, 5.74) is 1.06. The summed E-state index contributed by atoms with van der Waals surface area (Å²) < 4.78 is 30.1. The number of Topliss-reactive ketones (excluding diaryl/α,β-unsaturated/α-hetero) is 1. The summed E-state index contributed by atoms with van der Waals surface area (Å²) in [5, 5.41) is 2.81. The van der Waals surface area contributed by atoms with Crippen molar-refractivity contribution >= 4 is 27.8 Å². The third kappa shape index (κ3) is 8.78. The maximum Gasteiger partial charge on any atom is 0.407 e. The Balaban J connectivity index is 1.15. The number of ketones is 1. The Labute approximate surface area is 221 Å². The first-order valence-electron chi connectivity index (χ1n) is 12.9. The summed E-state index contributed by atoms with van der Waals surface area (Å²) in [5.74, 6) is -0.847. The highest BCUT2D eigenvalue weighted by Crippen LogP contribution is 2.38. The molecule has 1 aromatic rings. The van der Waals surface area contributed by atoms with Gasteiger partial charge in [-0.25, -0.2) is 4.79 Å². The highest BCUT2D eigenvalue weighted by molar-refractivity contribution is 9.10. The number of nitrogens with zero attached hydrogens (tertiary/aromatic N) is 1. The number of hydrogen-bond donors (Lipinski definition) is 1. The van der Waals surface area contributed by atoms with Crippen molar-refractivity contribution in [2.75, 3.05) is 52.6 Å². The molecule has 1 N–H and O–H groups in total. The topological polar surface area (TPSA) is 95.6 Å². The molecular weight excluding hydrogens is 532 g/mol. The first-order chi connectivity index (χ1) is 17.5. The van der Waals surface area contributed by atoms with Crippen LogP contribution in [0.25, 0.3) is 0 Å². The molecule has 3 aliphatic heterocycles. The SMILES string of the molecule is O=C1C[C@@H](COCc2ccc(Br)cc2)O[C@@]2(CCC[C@@H](COC(=O)NCCCN3CCOCC3)O2)C1. The van der Waals surface area contributed by atoms with Crippen LogP contribution in [0.3, 0.4) is 0 Å². The number of benzene rings is 1. The van der Waals surface area contributed by atoms with Crippen LogP contribution in [0.2, 0.25) is 0 Å². The van der Waals surface area contributed by atoms with Crippen LogP contribution in [0.1, 0.15) is 44.1 Å². The van der Waals surface area contributed by atoms with E-state index in [1.165, 1.54) is 0 Å². The molecule has 0 aromatic heterocycles. The molecule has 0 saturated carbocycles. The minimum absolute atomic E-state index is 0.109. The molecule has 3 atom stereocenters. The molecule has 36 heavy (non-hydrogen) atoms. The van der Waals surface area contributed by atoms with Gasteiger partial charge in [-0.3, -0.25) is 9.69 Å². The summed E-state index contributed by atoms with van der Waals surface area (Å²) in [7, 11) is 0. The van der Waals surface area contributed by atoms with Crippen LogP contribution in [-0.4, -0.2) is 87.4 Å². The normalized spacial score (nSPS) is 27.2. The molecular formula is C26H37BrN2O7. The van der Waals surface area contributed by atoms with E-state index in [0.717, 1.165) is 62.1 Å². The van der Waals surface area contributed by atoms with Crippen molar-refractivity contribution in [2.45, 2.75) is 63.1 Å². The lowest BCUT2D eigenvalue weighted by Crippen LogP contribution is -2.52. The zero-order valence-corrected chi connectivity index (χ0v) is 22.3. The van der Waals surface area contributed by atoms with Crippen LogP contribution in [0.15, 0.2) is 28.7 Å². The van der Waals surface area contributed by atoms with Gasteiger partial charge in [0.25, 0.3) is 0 Å². The highest BCUT2D eigenvalue weighted by atomic mass is 79.9. The molecule has 1 spiro atoms. The summed E-state index contributed by atoms with van der Waals surface area (Å²) in [6, 6.07) is 7.93. The maximum absolute atomic E-state index is 12.5. The van der Waals surface area contributed by atoms with Crippen molar-refractivity contribution < 1.29 is 33.3 Å². The molecule has 3 fully saturated rings. The standard InChI is InChI=1S/C26H37BrN2O7/c27-21-6-4-20(5-7-21)17-33-18-24-15-22(30)16-26(36-24)8-1-3-23(35-26)19-34-25(31)28-9-2-10-29-11-13-32-14-12-29/h4-7,23-24H,1-3,8-19H2,(H,28,31)/t23-,24-,26-/m0/s1. The molecule has 0 aliphatic carbocycles. The van der Waals surface area contributed by atoms with E-state index in [0.29, 0.717) is 32.6 Å². The van der Waals surface area contributed by atoms with Crippen LogP contribution in [0.5, 0.6) is 0 Å². The van der Waals surface area contributed by atoms with Gasteiger partial charge < -0.3 is 29.0 Å². The number of carbonyl (C=O) groups is 2. The van der Waals surface area contributed by atoms with Gasteiger partial charge in [0.1, 0.15) is 12.4 Å². The van der Waals surface area contributed by atoms with Crippen LogP contribution >= 0.6 is 15.9 Å². The van der Waals surface area contributed by atoms with E-state index in [1.54, 1.807) is 0 Å². The average molecular weight is 569 g/mol. The lowest BCUT2D eigenvalue weighted by Gasteiger charge is -2.45. The van der Waals surface area contributed by atoms with E-state index in [9.17, 15) is 9.59 Å². The molecule has 1 amide bonds. The van der Waals surface area contributed by atoms with Gasteiger partial charge in [-0.1, -0.05) is 28.1 Å². The number of nitrogens with one attached hydrogen (secondary N) is 1. The Morgan fingerprint density at radius 3 is 2.72 bits per heavy atom. The molecule has 4 rings (SSSR count). The summed E-state index contributed by atoms with van der Waals surface area (Å²) in [6.07, 6.45) is 2.55. The molecule has 200 valence electrons. The monoisotopic (exact) mass is 568 g/mol. The van der Waals surface area contributed by atoms with Gasteiger partial charge in [-0.15, -0.1) is 0 Å². The Morgan fingerprint density at radius 1 is 1.14 bits per heavy atom. The second-order valence-electron chi connectivity index (χ2n) is 9.68. The van der Waals surface area contributed by atoms with Gasteiger partial charge in [-0.2, -0.15) is 0 Å². The number of rotatable bonds is 10. The Kier molecular flexibility index (Phi) is 10.6. The molecule has 10 heteroatoms. The van der Waals surface area contributed by atoms with Crippen molar-refractivity contribution in [3.63, 3.8) is 0 Å². The second kappa shape index (κ2) is 13.8. The van der Waals surface area contributed by atoms with Gasteiger partial charge >= 0.3 is 6.09 Å². The third-order valence-corrected chi connectivity index (χ3v) is 7.21. The summed E-state index contributed by atoms with van der Waals surface area (Å²) in [4.78, 5) is 27.0. The minimum atomic E-state index is -0.956. The van der Waals surface area contributed by atoms with Crippen LogP contribution in [-0.2, 0) is 35.1 Å². The zero-order chi connectivity index (χ0) is 25.2. The van der Waals surface area contributed by atoms with E-state index in [1.807, 2.05) is 24.3 Å². The number of morpholine rings is 1. The molecule has 9 nitrogen and oxygen atoms in total. The molecule has 3 saturated heterocycles. The van der Waals surface area contributed by atoms with Crippen LogP contribution in [0, 0.1) is 0 Å². The lowest BCUT2D eigenvalue weighted by molar-refractivity contribution is -0.313. The van der Waals surface area contributed by atoms with Gasteiger partial charge in [0.15, 0.2) is 5.79 Å². The first kappa shape index (κ1) is 27.5. The Bertz CT molecular complexity index is 849. The Morgan fingerprint density at radius 2 is 1.92 bits per heavy atom. The van der Waals surface area contributed by atoms with Crippen molar-refractivity contribution in [1.29, 1.82) is 0 Å². The largest absolute Gasteiger partial charge is 0.447 e. The fourth-order valence-corrected chi connectivity index (χ4v) is 5.15. The lowest BCUT2D eigenvalue weighted by atomic mass is 9.92. The fraction of sp³-hybridized carbons (Fsp3) is 0.692. The van der Waals surface area contributed by atoms with E-state index in [-0.39, 0.29) is 31.0 Å². The van der Waals surface area contributed by atoms with Crippen molar-refractivity contribution in [3.05, 3.63) is 34.3 Å². The van der Waals surface area contributed by atoms with Crippen LogP contribution < -0.4 is 5.32 Å². The van der Waals surface area contributed by atoms with Gasteiger partial charge in [-0.05, 0) is 43.5 Å². The van der Waals surface area contributed by atoms with Crippen molar-refractivity contribution in [2.24, 2.45) is 0 Å². The quantitative estimate of drug-likeness (QED) is 0.429. The molecule has 0 unspecified atom stereocenters. The summed E-state index contributed by atoms with van der Waals surface area (Å²) in [6.45, 7) is 5.82. The van der Waals surface area contributed by atoms with Gasteiger partial charge in [0.05, 0.1) is 45.1 Å². The Hall–Kier alpha value is -1.56. The minimum Gasteiger partial charge on any atom is -0.447 e. The van der Waals surface area contributed by atoms with Crippen molar-refractivity contribution in [1.82, 2.24) is 10.2 Å². The number of amides is 1. The van der Waals surface area contributed by atoms with Gasteiger partial charge in [0.2, 0.25) is 0 Å². The number of alkyl carbamates (subject to hydrolysis) is 1. The number of hydrogen-bond acceptors (Lipinski definition) is 8. The first-order valence-corrected chi connectivity index (χ1v) is 13.7. The molecule has 0 radical (unpaired) electrons. The molecule has 0 bridgehead atoms. The maximum atomic E-state index is 12.5. The van der Waals surface area contributed by atoms with Gasteiger partial charge in [0, 0.05) is 36.9 Å². The third-order valence-electron chi connectivity index (χ3n) is 6.68. The number of ether oxygens (including phenoxy) is 5. The number of carbonyl (C=O) groups excluding carboxylic acids is 2. The fourth-order valence-electron chi connectivity index (χ4n) is 4.89. The van der Waals surface area contributed by atoms with E-state index in [2.05, 4.69) is 26.1 Å². The molecule has 3 aliphatic rings. The van der Waals surface area contributed by atoms with E-state index < -0.39 is 11.9 Å². The predicted molar refractivity (Wildman–Crippen MR) is 136 cm³/mol.